The van der Waals surface area contributed by atoms with E-state index in [1.165, 1.54) is 13.2 Å². The first-order valence-corrected chi connectivity index (χ1v) is 10.1. The van der Waals surface area contributed by atoms with Crippen LogP contribution < -0.4 is 10.4 Å². The third-order valence-corrected chi connectivity index (χ3v) is 6.06. The van der Waals surface area contributed by atoms with E-state index in [1.54, 1.807) is 64.2 Å². The van der Waals surface area contributed by atoms with Crippen LogP contribution in [0.2, 0.25) is 0 Å². The highest BCUT2D eigenvalue weighted by atomic mass is 16.6. The fourth-order valence-corrected chi connectivity index (χ4v) is 4.32. The standard InChI is InChI=1S/C23H30O8/c1-13-15(29-18(25)12-17(13)28-5)10-8-6-7-9-11-16-19(26)22(3)21(27)23(4,30-16)20(31-22)14(2)24/h6-12,14,16,19-21,24,26-27H,1-5H3. The van der Waals surface area contributed by atoms with Gasteiger partial charge in [0.05, 0.1) is 19.3 Å². The Kier molecular flexibility index (Phi) is 6.59. The SMILES string of the molecule is COc1cc(=O)oc(C=CC=CC=CC2OC3(C)C(C(C)O)OC(C)(C2O)C3O)c1C. The summed E-state index contributed by atoms with van der Waals surface area (Å²) in [7, 11) is 1.49. The van der Waals surface area contributed by atoms with Crippen LogP contribution in [-0.2, 0) is 9.47 Å². The summed E-state index contributed by atoms with van der Waals surface area (Å²) in [5.41, 5.74) is -2.19. The molecule has 0 aromatic carbocycles. The van der Waals surface area contributed by atoms with Crippen molar-refractivity contribution in [3.05, 3.63) is 58.2 Å². The third-order valence-electron chi connectivity index (χ3n) is 6.06. The first-order chi connectivity index (χ1) is 14.5. The molecule has 0 radical (unpaired) electrons. The number of methoxy groups -OCH3 is 1. The van der Waals surface area contributed by atoms with E-state index in [2.05, 4.69) is 0 Å². The summed E-state index contributed by atoms with van der Waals surface area (Å²) in [6.45, 7) is 6.65. The Hall–Kier alpha value is -2.23. The van der Waals surface area contributed by atoms with Gasteiger partial charge in [0, 0.05) is 5.56 Å². The van der Waals surface area contributed by atoms with Crippen molar-refractivity contribution in [1.82, 2.24) is 0 Å². The van der Waals surface area contributed by atoms with Crippen LogP contribution in [0.5, 0.6) is 5.75 Å². The lowest BCUT2D eigenvalue weighted by Gasteiger charge is -2.45. The maximum atomic E-state index is 11.6. The zero-order chi connectivity index (χ0) is 23.0. The van der Waals surface area contributed by atoms with Crippen LogP contribution in [-0.4, -0.2) is 64.2 Å². The predicted molar refractivity (Wildman–Crippen MR) is 114 cm³/mol. The van der Waals surface area contributed by atoms with Gasteiger partial charge in [0.25, 0.3) is 0 Å². The van der Waals surface area contributed by atoms with Gasteiger partial charge in [-0.15, -0.1) is 0 Å². The third kappa shape index (κ3) is 4.14. The fraction of sp³-hybridized carbons (Fsp3) is 0.522. The molecule has 0 spiro atoms. The zero-order valence-electron chi connectivity index (χ0n) is 18.3. The molecular formula is C23H30O8. The molecule has 8 heteroatoms. The Morgan fingerprint density at radius 2 is 1.81 bits per heavy atom. The predicted octanol–water partition coefficient (Wildman–Crippen LogP) is 1.50. The minimum atomic E-state index is -1.26. The molecule has 2 bridgehead atoms. The molecule has 3 heterocycles. The topological polar surface area (TPSA) is 119 Å². The molecule has 2 fully saturated rings. The van der Waals surface area contributed by atoms with Crippen LogP contribution in [0.3, 0.4) is 0 Å². The van der Waals surface area contributed by atoms with Gasteiger partial charge in [-0.05, 0) is 33.8 Å². The van der Waals surface area contributed by atoms with E-state index in [0.717, 1.165) is 0 Å². The Bertz CT molecular complexity index is 945. The number of hydrogen-bond acceptors (Lipinski definition) is 8. The largest absolute Gasteiger partial charge is 0.496 e. The Labute approximate surface area is 181 Å². The molecule has 170 valence electrons. The summed E-state index contributed by atoms with van der Waals surface area (Å²) in [5, 5.41) is 31.4. The second kappa shape index (κ2) is 8.72. The molecule has 2 saturated heterocycles. The minimum absolute atomic E-state index is 0.400. The molecule has 0 aliphatic carbocycles. The minimum Gasteiger partial charge on any atom is -0.496 e. The molecule has 2 aliphatic heterocycles. The summed E-state index contributed by atoms with van der Waals surface area (Å²) in [6, 6.07) is 1.29. The highest BCUT2D eigenvalue weighted by molar-refractivity contribution is 5.52. The lowest BCUT2D eigenvalue weighted by Crippen LogP contribution is -2.65. The first-order valence-electron chi connectivity index (χ1n) is 10.1. The molecule has 3 N–H and O–H groups in total. The van der Waals surface area contributed by atoms with Crippen LogP contribution in [0, 0.1) is 6.92 Å². The monoisotopic (exact) mass is 434 g/mol. The van der Waals surface area contributed by atoms with Gasteiger partial charge in [0.1, 0.15) is 47.1 Å². The number of rotatable bonds is 6. The van der Waals surface area contributed by atoms with Gasteiger partial charge < -0.3 is 33.9 Å². The van der Waals surface area contributed by atoms with Gasteiger partial charge >= 0.3 is 5.63 Å². The Balaban J connectivity index is 1.71. The maximum Gasteiger partial charge on any atom is 0.339 e. The molecule has 2 aliphatic rings. The molecule has 7 unspecified atom stereocenters. The number of fused-ring (bicyclic) bond motifs is 2. The summed E-state index contributed by atoms with van der Waals surface area (Å²) >= 11 is 0. The summed E-state index contributed by atoms with van der Waals surface area (Å²) < 4.78 is 22.1. The highest BCUT2D eigenvalue weighted by Crippen LogP contribution is 2.49. The van der Waals surface area contributed by atoms with E-state index in [9.17, 15) is 20.1 Å². The van der Waals surface area contributed by atoms with Crippen molar-refractivity contribution in [1.29, 1.82) is 0 Å². The van der Waals surface area contributed by atoms with E-state index in [0.29, 0.717) is 17.1 Å². The lowest BCUT2D eigenvalue weighted by atomic mass is 9.77. The quantitative estimate of drug-likeness (QED) is 0.577. The van der Waals surface area contributed by atoms with Gasteiger partial charge in [-0.2, -0.15) is 0 Å². The van der Waals surface area contributed by atoms with Crippen LogP contribution in [0.15, 0.2) is 45.7 Å². The summed E-state index contributed by atoms with van der Waals surface area (Å²) in [4.78, 5) is 11.6. The molecule has 0 amide bonds. The number of aliphatic hydroxyl groups excluding tert-OH is 3. The van der Waals surface area contributed by atoms with Crippen molar-refractivity contribution in [3.63, 3.8) is 0 Å². The normalized spacial score (nSPS) is 36.6. The fourth-order valence-electron chi connectivity index (χ4n) is 4.32. The van der Waals surface area contributed by atoms with E-state index in [4.69, 9.17) is 18.6 Å². The van der Waals surface area contributed by atoms with Crippen molar-refractivity contribution >= 4 is 6.08 Å². The molecule has 7 atom stereocenters. The second-order valence-electron chi connectivity index (χ2n) is 8.33. The Morgan fingerprint density at radius 3 is 2.45 bits per heavy atom. The van der Waals surface area contributed by atoms with Crippen LogP contribution in [0.25, 0.3) is 6.08 Å². The molecule has 8 nitrogen and oxygen atoms in total. The first kappa shape index (κ1) is 23.4. The smallest absolute Gasteiger partial charge is 0.339 e. The second-order valence-corrected chi connectivity index (χ2v) is 8.33. The summed E-state index contributed by atoms with van der Waals surface area (Å²) in [5.74, 6) is 0.858. The van der Waals surface area contributed by atoms with E-state index >= 15 is 0 Å². The molecule has 3 rings (SSSR count). The van der Waals surface area contributed by atoms with Crippen molar-refractivity contribution in [3.8, 4) is 5.75 Å². The van der Waals surface area contributed by atoms with Crippen LogP contribution in [0.1, 0.15) is 32.1 Å². The molecule has 1 aromatic heterocycles. The average Bonchev–Trinajstić information content (AvgIpc) is 2.87. The molecule has 1 aromatic rings. The van der Waals surface area contributed by atoms with Crippen LogP contribution in [0.4, 0.5) is 0 Å². The van der Waals surface area contributed by atoms with E-state index in [1.807, 2.05) is 0 Å². The molecular weight excluding hydrogens is 404 g/mol. The van der Waals surface area contributed by atoms with Gasteiger partial charge in [-0.25, -0.2) is 4.79 Å². The number of aliphatic hydroxyl groups is 3. The molecule has 31 heavy (non-hydrogen) atoms. The van der Waals surface area contributed by atoms with Crippen molar-refractivity contribution < 1.29 is 33.9 Å². The van der Waals surface area contributed by atoms with Gasteiger partial charge in [-0.1, -0.05) is 30.4 Å². The number of hydrogen-bond donors (Lipinski definition) is 3. The highest BCUT2D eigenvalue weighted by Gasteiger charge is 2.69. The zero-order valence-corrected chi connectivity index (χ0v) is 18.3. The van der Waals surface area contributed by atoms with Gasteiger partial charge in [0.15, 0.2) is 0 Å². The van der Waals surface area contributed by atoms with E-state index in [-0.39, 0.29) is 0 Å². The number of allylic oxidation sites excluding steroid dienone is 4. The summed E-state index contributed by atoms with van der Waals surface area (Å²) in [6.07, 6.45) is 5.61. The van der Waals surface area contributed by atoms with Crippen molar-refractivity contribution in [2.45, 2.75) is 69.4 Å². The van der Waals surface area contributed by atoms with Crippen LogP contribution >= 0.6 is 0 Å². The van der Waals surface area contributed by atoms with Gasteiger partial charge in [-0.3, -0.25) is 0 Å². The molecule has 0 saturated carbocycles. The lowest BCUT2D eigenvalue weighted by molar-refractivity contribution is -0.225. The van der Waals surface area contributed by atoms with E-state index < -0.39 is 47.3 Å². The van der Waals surface area contributed by atoms with Crippen molar-refractivity contribution in [2.24, 2.45) is 0 Å². The Morgan fingerprint density at radius 1 is 1.13 bits per heavy atom. The van der Waals surface area contributed by atoms with Gasteiger partial charge in [0.2, 0.25) is 0 Å². The maximum absolute atomic E-state index is 11.6. The number of ether oxygens (including phenoxy) is 3. The van der Waals surface area contributed by atoms with Crippen molar-refractivity contribution in [2.75, 3.05) is 7.11 Å². The average molecular weight is 434 g/mol.